The monoisotopic (exact) mass is 367 g/mol. The highest BCUT2D eigenvalue weighted by atomic mass is 79.9. The fourth-order valence-corrected chi connectivity index (χ4v) is 3.63. The van der Waals surface area contributed by atoms with E-state index in [4.69, 9.17) is 4.98 Å². The number of aromatic nitrogens is 1. The average Bonchev–Trinajstić information content (AvgIpc) is 2.86. The molecule has 0 aliphatic rings. The highest BCUT2D eigenvalue weighted by Crippen LogP contribution is 2.23. The van der Waals surface area contributed by atoms with E-state index < -0.39 is 0 Å². The molecule has 2 heterocycles. The minimum atomic E-state index is 0.885. The van der Waals surface area contributed by atoms with Gasteiger partial charge in [-0.25, -0.2) is 4.98 Å². The Morgan fingerprint density at radius 2 is 2.19 bits per heavy atom. The van der Waals surface area contributed by atoms with Gasteiger partial charge in [0.2, 0.25) is 0 Å². The summed E-state index contributed by atoms with van der Waals surface area (Å²) in [4.78, 5) is 8.25. The van der Waals surface area contributed by atoms with Gasteiger partial charge >= 0.3 is 0 Å². The third-order valence-corrected chi connectivity index (χ3v) is 5.01. The van der Waals surface area contributed by atoms with Gasteiger partial charge < -0.3 is 10.2 Å². The molecule has 5 heteroatoms. The molecule has 2 aromatic rings. The van der Waals surface area contributed by atoms with E-state index in [9.17, 15) is 0 Å². The van der Waals surface area contributed by atoms with Crippen molar-refractivity contribution in [3.63, 3.8) is 0 Å². The summed E-state index contributed by atoms with van der Waals surface area (Å²) < 4.78 is 1.15. The molecule has 0 spiro atoms. The Labute approximate surface area is 139 Å². The predicted octanol–water partition coefficient (Wildman–Crippen LogP) is 4.35. The smallest absolute Gasteiger partial charge is 0.128 e. The van der Waals surface area contributed by atoms with E-state index in [0.717, 1.165) is 42.0 Å². The molecular weight excluding hydrogens is 346 g/mol. The molecule has 0 aliphatic carbocycles. The van der Waals surface area contributed by atoms with Crippen molar-refractivity contribution < 1.29 is 0 Å². The zero-order chi connectivity index (χ0) is 15.2. The van der Waals surface area contributed by atoms with E-state index in [2.05, 4.69) is 70.6 Å². The van der Waals surface area contributed by atoms with Crippen LogP contribution in [0.25, 0.3) is 0 Å². The van der Waals surface area contributed by atoms with E-state index >= 15 is 0 Å². The first kappa shape index (κ1) is 16.5. The van der Waals surface area contributed by atoms with E-state index in [0.29, 0.717) is 0 Å². The maximum absolute atomic E-state index is 4.73. The van der Waals surface area contributed by atoms with Crippen LogP contribution < -0.4 is 10.2 Å². The van der Waals surface area contributed by atoms with E-state index in [-0.39, 0.29) is 0 Å². The lowest BCUT2D eigenvalue weighted by atomic mass is 10.2. The number of halogens is 1. The van der Waals surface area contributed by atoms with Crippen LogP contribution in [0, 0.1) is 6.92 Å². The summed E-state index contributed by atoms with van der Waals surface area (Å²) in [6.45, 7) is 7.10. The summed E-state index contributed by atoms with van der Waals surface area (Å²) in [6, 6.07) is 6.46. The zero-order valence-corrected chi connectivity index (χ0v) is 15.2. The summed E-state index contributed by atoms with van der Waals surface area (Å²) in [7, 11) is 2.09. The first-order chi connectivity index (χ1) is 10.1. The van der Waals surface area contributed by atoms with Crippen LogP contribution in [-0.4, -0.2) is 18.6 Å². The molecule has 2 rings (SSSR count). The number of aryl methyl sites for hydroxylation is 1. The molecule has 2 aromatic heterocycles. The maximum atomic E-state index is 4.73. The fraction of sp³-hybridized carbons (Fsp3) is 0.438. The van der Waals surface area contributed by atoms with Crippen molar-refractivity contribution in [1.82, 2.24) is 10.3 Å². The Morgan fingerprint density at radius 3 is 2.81 bits per heavy atom. The quantitative estimate of drug-likeness (QED) is 0.737. The van der Waals surface area contributed by atoms with Gasteiger partial charge in [0.15, 0.2) is 0 Å². The summed E-state index contributed by atoms with van der Waals surface area (Å²) in [5, 5.41) is 5.54. The van der Waals surface area contributed by atoms with Gasteiger partial charge in [0.25, 0.3) is 0 Å². The Morgan fingerprint density at radius 1 is 1.38 bits per heavy atom. The van der Waals surface area contributed by atoms with Crippen LogP contribution in [-0.2, 0) is 13.1 Å². The van der Waals surface area contributed by atoms with Crippen LogP contribution in [0.3, 0.4) is 0 Å². The average molecular weight is 368 g/mol. The van der Waals surface area contributed by atoms with Crippen LogP contribution in [0.15, 0.2) is 28.1 Å². The Kier molecular flexibility index (Phi) is 6.21. The Hall–Kier alpha value is -0.910. The van der Waals surface area contributed by atoms with Gasteiger partial charge in [-0.15, -0.1) is 11.3 Å². The number of rotatable bonds is 7. The molecule has 0 amide bonds. The maximum Gasteiger partial charge on any atom is 0.128 e. The lowest BCUT2D eigenvalue weighted by molar-refractivity contribution is 0.670. The molecule has 0 aromatic carbocycles. The van der Waals surface area contributed by atoms with Crippen molar-refractivity contribution in [2.24, 2.45) is 0 Å². The number of hydrogen-bond acceptors (Lipinski definition) is 4. The normalized spacial score (nSPS) is 10.9. The van der Waals surface area contributed by atoms with Crippen molar-refractivity contribution in [3.8, 4) is 0 Å². The summed E-state index contributed by atoms with van der Waals surface area (Å²) in [5.74, 6) is 1.02. The van der Waals surface area contributed by atoms with Crippen molar-refractivity contribution in [2.75, 3.05) is 18.5 Å². The zero-order valence-electron chi connectivity index (χ0n) is 12.8. The van der Waals surface area contributed by atoms with Gasteiger partial charge in [0.1, 0.15) is 5.82 Å². The fourth-order valence-electron chi connectivity index (χ4n) is 2.13. The molecule has 0 saturated heterocycles. The minimum Gasteiger partial charge on any atom is -0.355 e. The van der Waals surface area contributed by atoms with Crippen LogP contribution in [0.5, 0.6) is 0 Å². The molecule has 1 N–H and O–H groups in total. The van der Waals surface area contributed by atoms with Crippen LogP contribution in [0.2, 0.25) is 0 Å². The number of nitrogens with one attached hydrogen (secondary N) is 1. The largest absolute Gasteiger partial charge is 0.355 e. The van der Waals surface area contributed by atoms with Crippen molar-refractivity contribution in [2.45, 2.75) is 33.4 Å². The van der Waals surface area contributed by atoms with Crippen LogP contribution >= 0.6 is 27.3 Å². The number of thiophene rings is 1. The highest BCUT2D eigenvalue weighted by molar-refractivity contribution is 9.10. The van der Waals surface area contributed by atoms with Gasteiger partial charge in [-0.2, -0.15) is 0 Å². The first-order valence-corrected chi connectivity index (χ1v) is 8.88. The lowest BCUT2D eigenvalue weighted by Gasteiger charge is -2.18. The van der Waals surface area contributed by atoms with E-state index in [1.807, 2.05) is 0 Å². The van der Waals surface area contributed by atoms with Crippen LogP contribution in [0.4, 0.5) is 5.82 Å². The van der Waals surface area contributed by atoms with Crippen LogP contribution in [0.1, 0.15) is 29.5 Å². The van der Waals surface area contributed by atoms with Gasteiger partial charge in [0.05, 0.1) is 6.54 Å². The highest BCUT2D eigenvalue weighted by Gasteiger charge is 2.08. The summed E-state index contributed by atoms with van der Waals surface area (Å²) in [5.41, 5.74) is 2.38. The third kappa shape index (κ3) is 4.80. The van der Waals surface area contributed by atoms with Gasteiger partial charge in [-0.1, -0.05) is 13.0 Å². The lowest BCUT2D eigenvalue weighted by Crippen LogP contribution is -2.19. The molecule has 0 saturated carbocycles. The molecule has 21 heavy (non-hydrogen) atoms. The van der Waals surface area contributed by atoms with Crippen molar-refractivity contribution in [1.29, 1.82) is 0 Å². The van der Waals surface area contributed by atoms with E-state index in [1.54, 1.807) is 11.3 Å². The summed E-state index contributed by atoms with van der Waals surface area (Å²) >= 11 is 5.27. The molecular formula is C16H22BrN3S. The number of anilines is 1. The minimum absolute atomic E-state index is 0.885. The van der Waals surface area contributed by atoms with Crippen molar-refractivity contribution >= 4 is 33.1 Å². The molecule has 0 bridgehead atoms. The third-order valence-electron chi connectivity index (χ3n) is 3.33. The number of hydrogen-bond donors (Lipinski definition) is 1. The number of pyridine rings is 1. The van der Waals surface area contributed by atoms with Gasteiger partial charge in [0, 0.05) is 34.0 Å². The molecule has 0 fully saturated rings. The van der Waals surface area contributed by atoms with E-state index in [1.165, 1.54) is 10.4 Å². The van der Waals surface area contributed by atoms with Gasteiger partial charge in [-0.3, -0.25) is 0 Å². The second-order valence-electron chi connectivity index (χ2n) is 5.18. The molecule has 0 radical (unpaired) electrons. The standard InChI is InChI=1S/C16H22BrN3S/c1-4-7-18-9-13-5-6-16(19-12(13)2)20(3)10-15-8-14(17)11-21-15/h5-6,8,11,18H,4,7,9-10H2,1-3H3. The second kappa shape index (κ2) is 7.92. The molecule has 0 aliphatic heterocycles. The Bertz CT molecular complexity index is 583. The predicted molar refractivity (Wildman–Crippen MR) is 95.1 cm³/mol. The first-order valence-electron chi connectivity index (χ1n) is 7.21. The van der Waals surface area contributed by atoms with Gasteiger partial charge in [-0.05, 0) is 53.5 Å². The molecule has 0 unspecified atom stereocenters. The number of nitrogens with zero attached hydrogens (tertiary/aromatic N) is 2. The molecule has 3 nitrogen and oxygen atoms in total. The SMILES string of the molecule is CCCNCc1ccc(N(C)Cc2cc(Br)cs2)nc1C. The molecule has 0 atom stereocenters. The Balaban J connectivity index is 2.01. The molecule has 114 valence electrons. The van der Waals surface area contributed by atoms with Crippen molar-refractivity contribution in [3.05, 3.63) is 44.2 Å². The summed E-state index contributed by atoms with van der Waals surface area (Å²) in [6.07, 6.45) is 1.16. The second-order valence-corrected chi connectivity index (χ2v) is 7.09. The topological polar surface area (TPSA) is 28.2 Å².